The Morgan fingerprint density at radius 1 is 1.06 bits per heavy atom. The van der Waals surface area contributed by atoms with E-state index in [2.05, 4.69) is 57.0 Å². The highest BCUT2D eigenvalue weighted by atomic mass is 32.1. The number of anilines is 1. The average molecular weight is 250 g/mol. The van der Waals surface area contributed by atoms with Crippen LogP contribution in [0, 0.1) is 20.8 Å². The predicted octanol–water partition coefficient (Wildman–Crippen LogP) is 3.65. The van der Waals surface area contributed by atoms with E-state index >= 15 is 0 Å². The summed E-state index contributed by atoms with van der Waals surface area (Å²) in [6.07, 6.45) is 0. The molecule has 0 aliphatic carbocycles. The third-order valence-electron chi connectivity index (χ3n) is 3.13. The Hall–Kier alpha value is -1.09. The van der Waals surface area contributed by atoms with E-state index in [1.54, 1.807) is 0 Å². The van der Waals surface area contributed by atoms with E-state index in [1.807, 2.05) is 0 Å². The van der Waals surface area contributed by atoms with Gasteiger partial charge >= 0.3 is 0 Å². The van der Waals surface area contributed by atoms with Crippen LogP contribution in [0.15, 0.2) is 12.1 Å². The molecule has 0 spiro atoms. The van der Waals surface area contributed by atoms with Crippen molar-refractivity contribution >= 4 is 23.0 Å². The molecule has 0 aliphatic rings. The minimum atomic E-state index is 0.807. The van der Waals surface area contributed by atoms with E-state index in [1.165, 1.54) is 16.7 Å². The topological polar surface area (TPSA) is 15.3 Å². The first-order valence-corrected chi connectivity index (χ1v) is 6.54. The standard InChI is InChI=1S/C14H22N2S/c1-6-16(7-2)14(17)15-13-9-11(4)10(3)8-12(13)5/h8-9H,6-7H2,1-5H3,(H,15,17). The highest BCUT2D eigenvalue weighted by Gasteiger charge is 2.07. The number of thiocarbonyl (C=S) groups is 1. The van der Waals surface area contributed by atoms with Crippen LogP contribution in [0.25, 0.3) is 0 Å². The summed E-state index contributed by atoms with van der Waals surface area (Å²) in [5, 5.41) is 4.14. The molecule has 0 fully saturated rings. The number of nitrogens with zero attached hydrogens (tertiary/aromatic N) is 1. The van der Waals surface area contributed by atoms with E-state index in [0.717, 1.165) is 23.9 Å². The number of hydrogen-bond donors (Lipinski definition) is 1. The molecule has 0 aliphatic heterocycles. The van der Waals surface area contributed by atoms with Crippen molar-refractivity contribution in [3.05, 3.63) is 28.8 Å². The summed E-state index contributed by atoms with van der Waals surface area (Å²) in [6, 6.07) is 4.36. The molecule has 0 heterocycles. The minimum absolute atomic E-state index is 0.807. The molecule has 0 saturated heterocycles. The first-order valence-electron chi connectivity index (χ1n) is 6.13. The van der Waals surface area contributed by atoms with Crippen LogP contribution < -0.4 is 5.32 Å². The lowest BCUT2D eigenvalue weighted by molar-refractivity contribution is 0.473. The van der Waals surface area contributed by atoms with Gasteiger partial charge in [-0.15, -0.1) is 0 Å². The van der Waals surface area contributed by atoms with E-state index in [9.17, 15) is 0 Å². The fourth-order valence-corrected chi connectivity index (χ4v) is 2.17. The van der Waals surface area contributed by atoms with Gasteiger partial charge in [0.1, 0.15) is 0 Å². The van der Waals surface area contributed by atoms with E-state index in [4.69, 9.17) is 12.2 Å². The van der Waals surface area contributed by atoms with Gasteiger partial charge in [0.05, 0.1) is 0 Å². The minimum Gasteiger partial charge on any atom is -0.350 e. The molecule has 1 aromatic carbocycles. The molecular formula is C14H22N2S. The lowest BCUT2D eigenvalue weighted by Crippen LogP contribution is -2.34. The molecule has 0 radical (unpaired) electrons. The fraction of sp³-hybridized carbons (Fsp3) is 0.500. The van der Waals surface area contributed by atoms with Crippen molar-refractivity contribution in [2.45, 2.75) is 34.6 Å². The van der Waals surface area contributed by atoms with Crippen molar-refractivity contribution in [3.63, 3.8) is 0 Å². The SMILES string of the molecule is CCN(CC)C(=S)Nc1cc(C)c(C)cc1C. The molecule has 0 saturated carbocycles. The van der Waals surface area contributed by atoms with Crippen LogP contribution in [-0.4, -0.2) is 23.1 Å². The molecule has 1 rings (SSSR count). The second-order valence-corrected chi connectivity index (χ2v) is 4.74. The van der Waals surface area contributed by atoms with Crippen LogP contribution in [0.4, 0.5) is 5.69 Å². The van der Waals surface area contributed by atoms with Gasteiger partial charge in [-0.2, -0.15) is 0 Å². The molecule has 1 N–H and O–H groups in total. The summed E-state index contributed by atoms with van der Waals surface area (Å²) in [7, 11) is 0. The van der Waals surface area contributed by atoms with Gasteiger partial charge < -0.3 is 10.2 Å². The molecule has 3 heteroatoms. The molecule has 0 atom stereocenters. The quantitative estimate of drug-likeness (QED) is 0.824. The van der Waals surface area contributed by atoms with E-state index in [-0.39, 0.29) is 0 Å². The van der Waals surface area contributed by atoms with Crippen molar-refractivity contribution < 1.29 is 0 Å². The zero-order valence-electron chi connectivity index (χ0n) is 11.4. The molecule has 0 unspecified atom stereocenters. The summed E-state index contributed by atoms with van der Waals surface area (Å²) < 4.78 is 0. The fourth-order valence-electron chi connectivity index (χ4n) is 1.80. The van der Waals surface area contributed by atoms with Crippen molar-refractivity contribution in [1.82, 2.24) is 4.90 Å². The molecular weight excluding hydrogens is 228 g/mol. The Morgan fingerprint density at radius 2 is 1.59 bits per heavy atom. The summed E-state index contributed by atoms with van der Waals surface area (Å²) in [5.74, 6) is 0. The van der Waals surface area contributed by atoms with Crippen LogP contribution in [0.5, 0.6) is 0 Å². The Bertz CT molecular complexity index is 409. The van der Waals surface area contributed by atoms with Crippen molar-refractivity contribution in [1.29, 1.82) is 0 Å². The Labute approximate surface area is 110 Å². The monoisotopic (exact) mass is 250 g/mol. The number of rotatable bonds is 3. The number of benzene rings is 1. The number of aryl methyl sites for hydroxylation is 3. The van der Waals surface area contributed by atoms with Crippen LogP contribution in [0.1, 0.15) is 30.5 Å². The average Bonchev–Trinajstić information content (AvgIpc) is 2.27. The van der Waals surface area contributed by atoms with Crippen molar-refractivity contribution in [2.24, 2.45) is 0 Å². The number of hydrogen-bond acceptors (Lipinski definition) is 1. The molecule has 17 heavy (non-hydrogen) atoms. The van der Waals surface area contributed by atoms with Gasteiger partial charge in [-0.3, -0.25) is 0 Å². The highest BCUT2D eigenvalue weighted by molar-refractivity contribution is 7.80. The Kier molecular flexibility index (Phi) is 4.94. The Balaban J connectivity index is 2.88. The summed E-state index contributed by atoms with van der Waals surface area (Å²) in [6.45, 7) is 12.5. The number of nitrogens with one attached hydrogen (secondary N) is 1. The summed E-state index contributed by atoms with van der Waals surface area (Å²) >= 11 is 5.41. The first kappa shape index (κ1) is 14.0. The van der Waals surface area contributed by atoms with Gasteiger partial charge in [-0.25, -0.2) is 0 Å². The van der Waals surface area contributed by atoms with Crippen LogP contribution in [0.2, 0.25) is 0 Å². The second kappa shape index (κ2) is 6.01. The third kappa shape index (κ3) is 3.43. The molecule has 0 bridgehead atoms. The van der Waals surface area contributed by atoms with Crippen molar-refractivity contribution in [2.75, 3.05) is 18.4 Å². The maximum absolute atomic E-state index is 5.41. The van der Waals surface area contributed by atoms with Crippen LogP contribution in [-0.2, 0) is 0 Å². The van der Waals surface area contributed by atoms with E-state index in [0.29, 0.717) is 0 Å². The Morgan fingerprint density at radius 3 is 2.12 bits per heavy atom. The molecule has 2 nitrogen and oxygen atoms in total. The molecule has 94 valence electrons. The smallest absolute Gasteiger partial charge is 0.173 e. The predicted molar refractivity (Wildman–Crippen MR) is 79.8 cm³/mol. The van der Waals surface area contributed by atoms with Crippen LogP contribution >= 0.6 is 12.2 Å². The summed E-state index contributed by atoms with van der Waals surface area (Å²) in [5.41, 5.74) is 4.97. The van der Waals surface area contributed by atoms with Gasteiger partial charge in [0.2, 0.25) is 0 Å². The van der Waals surface area contributed by atoms with Gasteiger partial charge in [-0.05, 0) is 69.6 Å². The van der Waals surface area contributed by atoms with Gasteiger partial charge in [0.25, 0.3) is 0 Å². The van der Waals surface area contributed by atoms with E-state index < -0.39 is 0 Å². The maximum atomic E-state index is 5.41. The van der Waals surface area contributed by atoms with Gasteiger partial charge in [0.15, 0.2) is 5.11 Å². The summed E-state index contributed by atoms with van der Waals surface area (Å²) in [4.78, 5) is 2.14. The largest absolute Gasteiger partial charge is 0.350 e. The molecule has 0 aromatic heterocycles. The lowest BCUT2D eigenvalue weighted by atomic mass is 10.1. The molecule has 1 aromatic rings. The zero-order chi connectivity index (χ0) is 13.0. The third-order valence-corrected chi connectivity index (χ3v) is 3.49. The first-order chi connectivity index (χ1) is 7.99. The highest BCUT2D eigenvalue weighted by Crippen LogP contribution is 2.20. The lowest BCUT2D eigenvalue weighted by Gasteiger charge is -2.23. The van der Waals surface area contributed by atoms with Crippen LogP contribution in [0.3, 0.4) is 0 Å². The second-order valence-electron chi connectivity index (χ2n) is 4.35. The zero-order valence-corrected chi connectivity index (χ0v) is 12.2. The molecule has 0 amide bonds. The van der Waals surface area contributed by atoms with Gasteiger partial charge in [0, 0.05) is 18.8 Å². The van der Waals surface area contributed by atoms with Gasteiger partial charge in [-0.1, -0.05) is 6.07 Å². The van der Waals surface area contributed by atoms with Crippen molar-refractivity contribution in [3.8, 4) is 0 Å². The normalized spacial score (nSPS) is 10.2. The maximum Gasteiger partial charge on any atom is 0.173 e.